The number of halogens is 1. The Morgan fingerprint density at radius 1 is 1.17 bits per heavy atom. The van der Waals surface area contributed by atoms with Gasteiger partial charge in [0.15, 0.2) is 0 Å². The van der Waals surface area contributed by atoms with Gasteiger partial charge >= 0.3 is 6.03 Å². The van der Waals surface area contributed by atoms with E-state index in [1.807, 2.05) is 58.9 Å². The number of aromatic nitrogens is 2. The van der Waals surface area contributed by atoms with Crippen molar-refractivity contribution < 1.29 is 18.7 Å². The minimum Gasteiger partial charge on any atom is -0.439 e. The van der Waals surface area contributed by atoms with Gasteiger partial charge in [0, 0.05) is 19.2 Å². The van der Waals surface area contributed by atoms with E-state index in [1.165, 1.54) is 12.1 Å². The topological polar surface area (TPSA) is 68.6 Å². The highest BCUT2D eigenvalue weighted by molar-refractivity contribution is 5.75. The number of nitrogens with one attached hydrogen (secondary N) is 1. The molecule has 188 valence electrons. The summed E-state index contributed by atoms with van der Waals surface area (Å²) in [5.41, 5.74) is 2.91. The molecule has 2 aromatic carbocycles. The second-order valence-electron chi connectivity index (χ2n) is 9.49. The molecule has 0 saturated carbocycles. The van der Waals surface area contributed by atoms with Gasteiger partial charge in [-0.25, -0.2) is 13.9 Å². The molecule has 3 rings (SSSR count). The molecule has 1 heterocycles. The summed E-state index contributed by atoms with van der Waals surface area (Å²) >= 11 is 0. The fourth-order valence-corrected chi connectivity index (χ4v) is 3.62. The number of methoxy groups -OCH3 is 1. The van der Waals surface area contributed by atoms with Crippen molar-refractivity contribution in [2.75, 3.05) is 20.3 Å². The van der Waals surface area contributed by atoms with E-state index in [1.54, 1.807) is 28.8 Å². The van der Waals surface area contributed by atoms with E-state index in [0.29, 0.717) is 36.9 Å². The van der Waals surface area contributed by atoms with E-state index < -0.39 is 5.54 Å². The standard InChI is InChI=1S/C27H35FN4O3/c1-7-24-23(18-31(15-16-34-6)26(33)29-27(3,4)5)25(35-22-10-8-9-19(2)17-22)32(30-24)21-13-11-20(28)12-14-21/h8-14,17H,7,15-16,18H2,1-6H3,(H,29,33). The minimum absolute atomic E-state index is 0.201. The van der Waals surface area contributed by atoms with Crippen LogP contribution >= 0.6 is 0 Å². The lowest BCUT2D eigenvalue weighted by Gasteiger charge is -2.28. The van der Waals surface area contributed by atoms with Gasteiger partial charge in [0.05, 0.1) is 30.1 Å². The SMILES string of the molecule is CCc1nn(-c2ccc(F)cc2)c(Oc2cccc(C)c2)c1CN(CCOC)C(=O)NC(C)(C)C. The molecule has 8 heteroatoms. The van der Waals surface area contributed by atoms with Crippen molar-refractivity contribution in [1.82, 2.24) is 20.0 Å². The maximum Gasteiger partial charge on any atom is 0.318 e. The van der Waals surface area contributed by atoms with Gasteiger partial charge in [0.1, 0.15) is 11.6 Å². The predicted molar refractivity (Wildman–Crippen MR) is 135 cm³/mol. The average Bonchev–Trinajstić information content (AvgIpc) is 3.12. The maximum absolute atomic E-state index is 13.6. The van der Waals surface area contributed by atoms with Crippen molar-refractivity contribution in [2.24, 2.45) is 0 Å². The molecule has 1 N–H and O–H groups in total. The fraction of sp³-hybridized carbons (Fsp3) is 0.407. The number of urea groups is 1. The van der Waals surface area contributed by atoms with Crippen molar-refractivity contribution in [3.05, 3.63) is 71.2 Å². The molecule has 0 aliphatic rings. The number of rotatable bonds is 9. The van der Waals surface area contributed by atoms with E-state index >= 15 is 0 Å². The van der Waals surface area contributed by atoms with E-state index in [0.717, 1.165) is 16.8 Å². The molecule has 0 spiro atoms. The largest absolute Gasteiger partial charge is 0.439 e. The first-order valence-electron chi connectivity index (χ1n) is 11.8. The highest BCUT2D eigenvalue weighted by Crippen LogP contribution is 2.32. The minimum atomic E-state index is -0.394. The molecule has 35 heavy (non-hydrogen) atoms. The Kier molecular flexibility index (Phi) is 8.51. The molecule has 0 saturated heterocycles. The number of carbonyl (C=O) groups is 1. The third-order valence-electron chi connectivity index (χ3n) is 5.31. The van der Waals surface area contributed by atoms with Crippen LogP contribution in [0.1, 0.15) is 44.5 Å². The van der Waals surface area contributed by atoms with Crippen molar-refractivity contribution in [3.8, 4) is 17.3 Å². The number of amides is 2. The summed E-state index contributed by atoms with van der Waals surface area (Å²) in [7, 11) is 1.61. The van der Waals surface area contributed by atoms with Gasteiger partial charge in [-0.1, -0.05) is 19.1 Å². The quantitative estimate of drug-likeness (QED) is 0.429. The summed E-state index contributed by atoms with van der Waals surface area (Å²) < 4.78 is 27.0. The molecule has 2 amide bonds. The first-order chi connectivity index (χ1) is 16.6. The number of carbonyl (C=O) groups excluding carboxylic acids is 1. The Morgan fingerprint density at radius 3 is 2.49 bits per heavy atom. The zero-order valence-electron chi connectivity index (χ0n) is 21.4. The monoisotopic (exact) mass is 482 g/mol. The van der Waals surface area contributed by atoms with Crippen LogP contribution in [0, 0.1) is 12.7 Å². The molecular formula is C27H35FN4O3. The number of benzene rings is 2. The average molecular weight is 483 g/mol. The zero-order valence-corrected chi connectivity index (χ0v) is 21.4. The molecule has 3 aromatic rings. The van der Waals surface area contributed by atoms with Gasteiger partial charge < -0.3 is 19.7 Å². The normalized spacial score (nSPS) is 11.4. The van der Waals surface area contributed by atoms with Crippen LogP contribution in [0.25, 0.3) is 5.69 Å². The summed E-state index contributed by atoms with van der Waals surface area (Å²) in [4.78, 5) is 14.8. The summed E-state index contributed by atoms with van der Waals surface area (Å²) in [6, 6.07) is 13.6. The number of aryl methyl sites for hydroxylation is 2. The van der Waals surface area contributed by atoms with Crippen molar-refractivity contribution >= 4 is 6.03 Å². The molecule has 0 atom stereocenters. The lowest BCUT2D eigenvalue weighted by molar-refractivity contribution is 0.142. The van der Waals surface area contributed by atoms with E-state index in [-0.39, 0.29) is 18.4 Å². The third-order valence-corrected chi connectivity index (χ3v) is 5.31. The van der Waals surface area contributed by atoms with Gasteiger partial charge in [0.25, 0.3) is 0 Å². The molecule has 0 radical (unpaired) electrons. The van der Waals surface area contributed by atoms with Crippen molar-refractivity contribution in [1.29, 1.82) is 0 Å². The number of nitrogens with zero attached hydrogens (tertiary/aromatic N) is 3. The summed E-state index contributed by atoms with van der Waals surface area (Å²) in [5.74, 6) is 0.812. The van der Waals surface area contributed by atoms with Crippen LogP contribution in [0.3, 0.4) is 0 Å². The number of hydrogen-bond acceptors (Lipinski definition) is 4. The fourth-order valence-electron chi connectivity index (χ4n) is 3.62. The van der Waals surface area contributed by atoms with Crippen LogP contribution in [0.5, 0.6) is 11.6 Å². The molecule has 0 fully saturated rings. The Balaban J connectivity index is 2.09. The third kappa shape index (κ3) is 7.05. The van der Waals surface area contributed by atoms with Crippen molar-refractivity contribution in [3.63, 3.8) is 0 Å². The molecule has 7 nitrogen and oxygen atoms in total. The van der Waals surface area contributed by atoms with Gasteiger partial charge in [-0.15, -0.1) is 0 Å². The Hall–Kier alpha value is -3.39. The summed E-state index contributed by atoms with van der Waals surface area (Å²) in [6.07, 6.45) is 0.632. The van der Waals surface area contributed by atoms with Crippen LogP contribution in [0.15, 0.2) is 48.5 Å². The maximum atomic E-state index is 13.6. The first kappa shape index (κ1) is 26.2. The van der Waals surface area contributed by atoms with Crippen LogP contribution in [-0.2, 0) is 17.7 Å². The van der Waals surface area contributed by atoms with Gasteiger partial charge in [-0.3, -0.25) is 0 Å². The zero-order chi connectivity index (χ0) is 25.6. The Labute approximate surface area is 206 Å². The molecule has 0 aliphatic carbocycles. The van der Waals surface area contributed by atoms with Gasteiger partial charge in [-0.05, 0) is 76.1 Å². The summed E-state index contributed by atoms with van der Waals surface area (Å²) in [5, 5.41) is 7.82. The van der Waals surface area contributed by atoms with Gasteiger partial charge in [0.2, 0.25) is 5.88 Å². The smallest absolute Gasteiger partial charge is 0.318 e. The lowest BCUT2D eigenvalue weighted by Crippen LogP contribution is -2.49. The van der Waals surface area contributed by atoms with E-state index in [2.05, 4.69) is 5.32 Å². The molecule has 0 aliphatic heterocycles. The second kappa shape index (κ2) is 11.4. The number of ether oxygens (including phenoxy) is 2. The predicted octanol–water partition coefficient (Wildman–Crippen LogP) is 5.63. The van der Waals surface area contributed by atoms with Crippen molar-refractivity contribution in [2.45, 2.75) is 53.1 Å². The Morgan fingerprint density at radius 2 is 1.89 bits per heavy atom. The number of hydrogen-bond donors (Lipinski definition) is 1. The van der Waals surface area contributed by atoms with Gasteiger partial charge in [-0.2, -0.15) is 5.10 Å². The molecular weight excluding hydrogens is 447 g/mol. The highest BCUT2D eigenvalue weighted by Gasteiger charge is 2.26. The molecule has 0 unspecified atom stereocenters. The van der Waals surface area contributed by atoms with Crippen LogP contribution in [0.2, 0.25) is 0 Å². The Bertz CT molecular complexity index is 1140. The highest BCUT2D eigenvalue weighted by atomic mass is 19.1. The van der Waals surface area contributed by atoms with E-state index in [4.69, 9.17) is 14.6 Å². The summed E-state index contributed by atoms with van der Waals surface area (Å²) in [6.45, 7) is 10.9. The first-order valence-corrected chi connectivity index (χ1v) is 11.8. The molecule has 0 bridgehead atoms. The molecule has 1 aromatic heterocycles. The van der Waals surface area contributed by atoms with Crippen LogP contribution in [0.4, 0.5) is 9.18 Å². The van der Waals surface area contributed by atoms with E-state index in [9.17, 15) is 9.18 Å². The van der Waals surface area contributed by atoms with Crippen LogP contribution < -0.4 is 10.1 Å². The van der Waals surface area contributed by atoms with Crippen LogP contribution in [-0.4, -0.2) is 46.5 Å². The lowest BCUT2D eigenvalue weighted by atomic mass is 10.1. The second-order valence-corrected chi connectivity index (χ2v) is 9.49.